The molecule has 0 aromatic rings. The van der Waals surface area contributed by atoms with E-state index in [9.17, 15) is 9.90 Å². The Labute approximate surface area is 174 Å². The van der Waals surface area contributed by atoms with Crippen molar-refractivity contribution in [2.75, 3.05) is 7.11 Å². The van der Waals surface area contributed by atoms with Gasteiger partial charge in [-0.3, -0.25) is 4.79 Å². The van der Waals surface area contributed by atoms with Gasteiger partial charge in [0, 0.05) is 18.8 Å². The Bertz CT molecular complexity index is 490. The minimum atomic E-state index is -0.118. The van der Waals surface area contributed by atoms with Gasteiger partial charge in [0.25, 0.3) is 0 Å². The third-order valence-corrected chi connectivity index (χ3v) is 4.45. The number of hydrogen-bond donors (Lipinski definition) is 1. The highest BCUT2D eigenvalue weighted by molar-refractivity contribution is 5.69. The first kappa shape index (κ1) is 28.7. The molecule has 1 saturated carbocycles. The number of ether oxygens (including phenoxy) is 1. The first-order valence-corrected chi connectivity index (χ1v) is 10.8. The van der Waals surface area contributed by atoms with Crippen LogP contribution in [-0.4, -0.2) is 24.3 Å². The molecule has 0 radical (unpaired) electrons. The Balaban J connectivity index is 0. The second-order valence-corrected chi connectivity index (χ2v) is 7.31. The SMILES string of the molecule is CC.CC#CCC(C)C/C=C/C1CCCC1O.COC(=O)CCCC=C(C)C. The number of esters is 1. The van der Waals surface area contributed by atoms with Gasteiger partial charge in [-0.05, 0) is 58.8 Å². The molecule has 3 atom stereocenters. The van der Waals surface area contributed by atoms with Gasteiger partial charge in [-0.25, -0.2) is 0 Å². The summed E-state index contributed by atoms with van der Waals surface area (Å²) in [5.41, 5.74) is 1.30. The smallest absolute Gasteiger partial charge is 0.305 e. The van der Waals surface area contributed by atoms with Crippen LogP contribution in [0, 0.1) is 23.7 Å². The predicted molar refractivity (Wildman–Crippen MR) is 121 cm³/mol. The van der Waals surface area contributed by atoms with Crippen molar-refractivity contribution in [3.63, 3.8) is 0 Å². The van der Waals surface area contributed by atoms with E-state index in [1.54, 1.807) is 0 Å². The summed E-state index contributed by atoms with van der Waals surface area (Å²) in [6.07, 6.45) is 14.2. The molecule has 0 amide bonds. The van der Waals surface area contributed by atoms with E-state index in [-0.39, 0.29) is 12.1 Å². The van der Waals surface area contributed by atoms with Gasteiger partial charge in [-0.1, -0.05) is 51.0 Å². The van der Waals surface area contributed by atoms with Crippen molar-refractivity contribution in [1.82, 2.24) is 0 Å². The second kappa shape index (κ2) is 20.2. The summed E-state index contributed by atoms with van der Waals surface area (Å²) in [6, 6.07) is 0. The largest absolute Gasteiger partial charge is 0.469 e. The van der Waals surface area contributed by atoms with Crippen molar-refractivity contribution >= 4 is 5.97 Å². The molecule has 3 unspecified atom stereocenters. The van der Waals surface area contributed by atoms with E-state index in [1.807, 2.05) is 20.8 Å². The van der Waals surface area contributed by atoms with E-state index in [0.29, 0.717) is 18.3 Å². The summed E-state index contributed by atoms with van der Waals surface area (Å²) in [6.45, 7) is 12.2. The van der Waals surface area contributed by atoms with Crippen LogP contribution in [0.1, 0.15) is 92.9 Å². The van der Waals surface area contributed by atoms with Crippen LogP contribution in [0.4, 0.5) is 0 Å². The van der Waals surface area contributed by atoms with Crippen molar-refractivity contribution in [2.45, 2.75) is 99.0 Å². The van der Waals surface area contributed by atoms with Crippen LogP contribution in [0.25, 0.3) is 0 Å². The molecule has 1 N–H and O–H groups in total. The molecule has 0 bridgehead atoms. The second-order valence-electron chi connectivity index (χ2n) is 7.31. The third kappa shape index (κ3) is 17.9. The minimum Gasteiger partial charge on any atom is -0.469 e. The molecule has 0 spiro atoms. The fourth-order valence-electron chi connectivity index (χ4n) is 2.78. The Hall–Kier alpha value is -1.53. The number of aliphatic hydroxyl groups is 1. The lowest BCUT2D eigenvalue weighted by Crippen LogP contribution is -2.09. The lowest BCUT2D eigenvalue weighted by atomic mass is 10.0. The predicted octanol–water partition coefficient (Wildman–Crippen LogP) is 6.47. The zero-order chi connectivity index (χ0) is 21.8. The van der Waals surface area contributed by atoms with Crippen molar-refractivity contribution in [3.8, 4) is 11.8 Å². The van der Waals surface area contributed by atoms with Gasteiger partial charge >= 0.3 is 5.97 Å². The number of unbranched alkanes of at least 4 members (excludes halogenated alkanes) is 1. The standard InChI is InChI=1S/C14H22O.C9H16O2.C2H6/c1-3-4-7-12(2)8-5-9-13-10-6-11-14(13)15;1-8(2)6-4-5-7-9(10)11-3;1-2/h5,9,12-15H,6-8,10-11H2,1-2H3;6H,4-5,7H2,1-3H3;1-2H3/b9-5+;;. The first-order chi connectivity index (χ1) is 13.4. The van der Waals surface area contributed by atoms with Crippen LogP contribution in [0.5, 0.6) is 0 Å². The van der Waals surface area contributed by atoms with E-state index >= 15 is 0 Å². The highest BCUT2D eigenvalue weighted by Gasteiger charge is 2.22. The number of rotatable bonds is 8. The van der Waals surface area contributed by atoms with Crippen LogP contribution in [0.3, 0.4) is 0 Å². The number of allylic oxidation sites excluding steroid dienone is 3. The number of carbonyl (C=O) groups is 1. The summed E-state index contributed by atoms with van der Waals surface area (Å²) in [4.78, 5) is 10.6. The van der Waals surface area contributed by atoms with Gasteiger partial charge < -0.3 is 9.84 Å². The van der Waals surface area contributed by atoms with Gasteiger partial charge in [0.05, 0.1) is 13.2 Å². The molecular formula is C25H44O3. The summed E-state index contributed by atoms with van der Waals surface area (Å²) >= 11 is 0. The molecule has 0 aromatic carbocycles. The molecule has 3 nitrogen and oxygen atoms in total. The number of hydrogen-bond acceptors (Lipinski definition) is 3. The van der Waals surface area contributed by atoms with Crippen molar-refractivity contribution in [3.05, 3.63) is 23.8 Å². The fourth-order valence-corrected chi connectivity index (χ4v) is 2.78. The lowest BCUT2D eigenvalue weighted by molar-refractivity contribution is -0.140. The van der Waals surface area contributed by atoms with Crippen LogP contribution in [-0.2, 0) is 9.53 Å². The Morgan fingerprint density at radius 2 is 1.96 bits per heavy atom. The molecule has 1 aliphatic rings. The molecule has 0 aromatic heterocycles. The summed E-state index contributed by atoms with van der Waals surface area (Å²) in [5, 5.41) is 9.62. The molecule has 1 aliphatic carbocycles. The maximum absolute atomic E-state index is 10.6. The molecule has 162 valence electrons. The maximum Gasteiger partial charge on any atom is 0.305 e. The van der Waals surface area contributed by atoms with Crippen LogP contribution in [0.15, 0.2) is 23.8 Å². The molecule has 0 heterocycles. The highest BCUT2D eigenvalue weighted by atomic mass is 16.5. The third-order valence-electron chi connectivity index (χ3n) is 4.45. The molecule has 0 aliphatic heterocycles. The topological polar surface area (TPSA) is 46.5 Å². The fraction of sp³-hybridized carbons (Fsp3) is 0.720. The monoisotopic (exact) mass is 392 g/mol. The quantitative estimate of drug-likeness (QED) is 0.223. The molecule has 3 heteroatoms. The molecule has 28 heavy (non-hydrogen) atoms. The Kier molecular flexibility index (Phi) is 20.7. The number of aliphatic hydroxyl groups excluding tert-OH is 1. The zero-order valence-corrected chi connectivity index (χ0v) is 19.4. The van der Waals surface area contributed by atoms with E-state index < -0.39 is 0 Å². The van der Waals surface area contributed by atoms with E-state index in [1.165, 1.54) is 19.1 Å². The van der Waals surface area contributed by atoms with Gasteiger partial charge in [0.2, 0.25) is 0 Å². The van der Waals surface area contributed by atoms with Gasteiger partial charge in [-0.2, -0.15) is 0 Å². The summed E-state index contributed by atoms with van der Waals surface area (Å²) < 4.78 is 4.50. The Morgan fingerprint density at radius 3 is 2.46 bits per heavy atom. The molecule has 1 rings (SSSR count). The number of carbonyl (C=O) groups excluding carboxylic acids is 1. The molecule has 1 fully saturated rings. The summed E-state index contributed by atoms with van der Waals surface area (Å²) in [5.74, 6) is 6.95. The normalized spacial score (nSPS) is 18.6. The van der Waals surface area contributed by atoms with Crippen LogP contribution < -0.4 is 0 Å². The van der Waals surface area contributed by atoms with Crippen LogP contribution >= 0.6 is 0 Å². The van der Waals surface area contributed by atoms with Crippen molar-refractivity contribution < 1.29 is 14.6 Å². The van der Waals surface area contributed by atoms with Crippen molar-refractivity contribution in [1.29, 1.82) is 0 Å². The lowest BCUT2D eigenvalue weighted by Gasteiger charge is -2.09. The van der Waals surface area contributed by atoms with Gasteiger partial charge in [0.15, 0.2) is 0 Å². The average Bonchev–Trinajstić information content (AvgIpc) is 3.10. The first-order valence-electron chi connectivity index (χ1n) is 10.8. The summed E-state index contributed by atoms with van der Waals surface area (Å²) in [7, 11) is 1.42. The molecule has 0 saturated heterocycles. The van der Waals surface area contributed by atoms with Crippen molar-refractivity contribution in [2.24, 2.45) is 11.8 Å². The zero-order valence-electron chi connectivity index (χ0n) is 19.4. The van der Waals surface area contributed by atoms with E-state index in [4.69, 9.17) is 0 Å². The van der Waals surface area contributed by atoms with E-state index in [2.05, 4.69) is 55.6 Å². The number of methoxy groups -OCH3 is 1. The average molecular weight is 393 g/mol. The minimum absolute atomic E-state index is 0.0908. The maximum atomic E-state index is 10.6. The van der Waals surface area contributed by atoms with E-state index in [0.717, 1.165) is 38.5 Å². The highest BCUT2D eigenvalue weighted by Crippen LogP contribution is 2.26. The Morgan fingerprint density at radius 1 is 1.29 bits per heavy atom. The molecular weight excluding hydrogens is 348 g/mol. The van der Waals surface area contributed by atoms with Gasteiger partial charge in [0.1, 0.15) is 0 Å². The van der Waals surface area contributed by atoms with Gasteiger partial charge in [-0.15, -0.1) is 11.8 Å². The van der Waals surface area contributed by atoms with Crippen LogP contribution in [0.2, 0.25) is 0 Å².